The van der Waals surface area contributed by atoms with Crippen LogP contribution in [-0.2, 0) is 0 Å². The summed E-state index contributed by atoms with van der Waals surface area (Å²) in [4.78, 5) is 2.18. The Morgan fingerprint density at radius 3 is 1.59 bits per heavy atom. The van der Waals surface area contributed by atoms with Gasteiger partial charge in [0.1, 0.15) is 0 Å². The number of anilines is 2. The fourth-order valence-electron chi connectivity index (χ4n) is 4.83. The summed E-state index contributed by atoms with van der Waals surface area (Å²) in [6, 6.07) is 20.6. The van der Waals surface area contributed by atoms with Crippen LogP contribution in [0.2, 0.25) is 0 Å². The SMILES string of the molecule is C=C/C(=C\C(=C)C(=C)/C=C1\C(=C)C(C)(C)C(C)(C)C1(C)C)N(c1ccccc1)c1ccccc1. The first kappa shape index (κ1) is 25.3. The zero-order valence-corrected chi connectivity index (χ0v) is 21.8. The lowest BCUT2D eigenvalue weighted by Crippen LogP contribution is -2.37. The predicted octanol–water partition coefficient (Wildman–Crippen LogP) is 9.58. The van der Waals surface area contributed by atoms with Crippen molar-refractivity contribution in [1.82, 2.24) is 0 Å². The highest BCUT2D eigenvalue weighted by atomic mass is 15.1. The zero-order chi connectivity index (χ0) is 25.3. The van der Waals surface area contributed by atoms with Gasteiger partial charge in [-0.05, 0) is 75.0 Å². The lowest BCUT2D eigenvalue weighted by Gasteiger charge is -2.43. The topological polar surface area (TPSA) is 3.24 Å². The van der Waals surface area contributed by atoms with E-state index in [1.807, 2.05) is 42.5 Å². The largest absolute Gasteiger partial charge is 0.311 e. The number of hydrogen-bond acceptors (Lipinski definition) is 1. The molecule has 34 heavy (non-hydrogen) atoms. The summed E-state index contributed by atoms with van der Waals surface area (Å²) in [5, 5.41) is 0. The van der Waals surface area contributed by atoms with Crippen LogP contribution in [0.4, 0.5) is 11.4 Å². The van der Waals surface area contributed by atoms with Gasteiger partial charge in [0.15, 0.2) is 0 Å². The van der Waals surface area contributed by atoms with Crippen LogP contribution >= 0.6 is 0 Å². The predicted molar refractivity (Wildman–Crippen MR) is 150 cm³/mol. The van der Waals surface area contributed by atoms with Gasteiger partial charge in [-0.15, -0.1) is 0 Å². The fourth-order valence-corrected chi connectivity index (χ4v) is 4.83. The molecule has 0 aromatic heterocycles. The number of benzene rings is 2. The Hall–Kier alpha value is -3.32. The minimum Gasteiger partial charge on any atom is -0.311 e. The molecule has 1 nitrogen and oxygen atoms in total. The highest BCUT2D eigenvalue weighted by Gasteiger charge is 2.58. The maximum Gasteiger partial charge on any atom is 0.0461 e. The van der Waals surface area contributed by atoms with Crippen LogP contribution in [0.15, 0.2) is 133 Å². The van der Waals surface area contributed by atoms with Crippen molar-refractivity contribution < 1.29 is 0 Å². The molecule has 0 aliphatic heterocycles. The molecule has 0 spiro atoms. The van der Waals surface area contributed by atoms with Crippen LogP contribution in [0.25, 0.3) is 0 Å². The smallest absolute Gasteiger partial charge is 0.0461 e. The molecular formula is C33H39N. The van der Waals surface area contributed by atoms with Gasteiger partial charge in [0.25, 0.3) is 0 Å². The standard InChI is InChI=1S/C33H39N/c1-11-27(34(28-18-14-12-15-19-28)29-20-16-13-17-21-29)22-24(2)25(3)23-30-26(4)31(5,6)33(9,10)32(30,7)8/h11-23H,1-4H2,5-10H3/b27-22+,30-23+. The van der Waals surface area contributed by atoms with Gasteiger partial charge in [-0.1, -0.05) is 110 Å². The molecule has 1 aliphatic carbocycles. The second kappa shape index (κ2) is 9.14. The molecule has 176 valence electrons. The average molecular weight is 450 g/mol. The molecule has 0 atom stereocenters. The van der Waals surface area contributed by atoms with Crippen molar-refractivity contribution in [2.75, 3.05) is 4.90 Å². The Kier molecular flexibility index (Phi) is 6.80. The third-order valence-corrected chi connectivity index (χ3v) is 8.43. The Bertz CT molecular complexity index is 1130. The summed E-state index contributed by atoms with van der Waals surface area (Å²) in [5.41, 5.74) is 7.24. The fraction of sp³-hybridized carbons (Fsp3) is 0.273. The van der Waals surface area contributed by atoms with E-state index in [1.54, 1.807) is 0 Å². The van der Waals surface area contributed by atoms with E-state index in [4.69, 9.17) is 0 Å². The summed E-state index contributed by atoms with van der Waals surface area (Å²) in [6.07, 6.45) is 6.12. The van der Waals surface area contributed by atoms with Crippen LogP contribution in [0.1, 0.15) is 41.5 Å². The van der Waals surface area contributed by atoms with Crippen molar-refractivity contribution in [2.45, 2.75) is 41.5 Å². The van der Waals surface area contributed by atoms with E-state index in [2.05, 4.69) is 109 Å². The van der Waals surface area contributed by atoms with Gasteiger partial charge in [0.05, 0.1) is 0 Å². The summed E-state index contributed by atoms with van der Waals surface area (Å²) in [5.74, 6) is 0. The van der Waals surface area contributed by atoms with E-state index in [0.29, 0.717) is 0 Å². The van der Waals surface area contributed by atoms with Crippen molar-refractivity contribution in [3.8, 4) is 0 Å². The molecule has 1 aliphatic rings. The van der Waals surface area contributed by atoms with E-state index in [9.17, 15) is 0 Å². The monoisotopic (exact) mass is 449 g/mol. The zero-order valence-electron chi connectivity index (χ0n) is 21.8. The first-order valence-electron chi connectivity index (χ1n) is 11.9. The molecule has 0 radical (unpaired) electrons. The number of para-hydroxylation sites is 2. The molecule has 0 unspecified atom stereocenters. The molecule has 3 rings (SSSR count). The third kappa shape index (κ3) is 4.16. The molecule has 0 N–H and O–H groups in total. The van der Waals surface area contributed by atoms with Gasteiger partial charge in [-0.3, -0.25) is 0 Å². The molecule has 1 heteroatoms. The minimum atomic E-state index is -0.0398. The van der Waals surface area contributed by atoms with E-state index in [-0.39, 0.29) is 16.2 Å². The van der Waals surface area contributed by atoms with Crippen molar-refractivity contribution in [3.63, 3.8) is 0 Å². The molecule has 0 amide bonds. The average Bonchev–Trinajstić information content (AvgIpc) is 2.90. The Labute approximate surface area is 207 Å². The third-order valence-electron chi connectivity index (χ3n) is 8.43. The molecule has 0 saturated heterocycles. The van der Waals surface area contributed by atoms with Crippen molar-refractivity contribution >= 4 is 11.4 Å². The van der Waals surface area contributed by atoms with Crippen molar-refractivity contribution in [3.05, 3.63) is 133 Å². The summed E-state index contributed by atoms with van der Waals surface area (Å²) in [7, 11) is 0. The second-order valence-corrected chi connectivity index (χ2v) is 10.7. The Balaban J connectivity index is 2.02. The molecule has 0 bridgehead atoms. The minimum absolute atomic E-state index is 0.0104. The van der Waals surface area contributed by atoms with Gasteiger partial charge in [-0.2, -0.15) is 0 Å². The maximum absolute atomic E-state index is 4.50. The van der Waals surface area contributed by atoms with Crippen LogP contribution in [0, 0.1) is 16.2 Å². The van der Waals surface area contributed by atoms with Crippen LogP contribution < -0.4 is 4.90 Å². The van der Waals surface area contributed by atoms with Gasteiger partial charge in [-0.25, -0.2) is 0 Å². The summed E-state index contributed by atoms with van der Waals surface area (Å²) in [6.45, 7) is 31.3. The summed E-state index contributed by atoms with van der Waals surface area (Å²) < 4.78 is 0. The normalized spacial score (nSPS) is 19.6. The van der Waals surface area contributed by atoms with Gasteiger partial charge >= 0.3 is 0 Å². The highest BCUT2D eigenvalue weighted by molar-refractivity contribution is 5.71. The van der Waals surface area contributed by atoms with Crippen molar-refractivity contribution in [1.29, 1.82) is 0 Å². The van der Waals surface area contributed by atoms with Gasteiger partial charge in [0.2, 0.25) is 0 Å². The maximum atomic E-state index is 4.50. The lowest BCUT2D eigenvalue weighted by molar-refractivity contribution is 0.0754. The Morgan fingerprint density at radius 2 is 1.21 bits per heavy atom. The first-order valence-corrected chi connectivity index (χ1v) is 11.9. The number of hydrogen-bond donors (Lipinski definition) is 0. The molecule has 2 aromatic carbocycles. The van der Waals surface area contributed by atoms with E-state index in [1.165, 1.54) is 11.1 Å². The van der Waals surface area contributed by atoms with Crippen molar-refractivity contribution in [2.24, 2.45) is 16.2 Å². The number of allylic oxidation sites excluding steroid dienone is 7. The first-order chi connectivity index (χ1) is 15.9. The van der Waals surface area contributed by atoms with Crippen LogP contribution in [0.3, 0.4) is 0 Å². The number of nitrogens with zero attached hydrogens (tertiary/aromatic N) is 1. The second-order valence-electron chi connectivity index (χ2n) is 10.7. The molecule has 1 fully saturated rings. The van der Waals surface area contributed by atoms with Gasteiger partial charge < -0.3 is 4.90 Å². The van der Waals surface area contributed by atoms with Crippen LogP contribution in [0.5, 0.6) is 0 Å². The lowest BCUT2D eigenvalue weighted by atomic mass is 9.60. The van der Waals surface area contributed by atoms with Gasteiger partial charge in [0, 0.05) is 17.1 Å². The van der Waals surface area contributed by atoms with Crippen LogP contribution in [-0.4, -0.2) is 0 Å². The van der Waals surface area contributed by atoms with E-state index < -0.39 is 0 Å². The molecular weight excluding hydrogens is 410 g/mol. The quantitative estimate of drug-likeness (QED) is 0.380. The molecule has 1 saturated carbocycles. The molecule has 2 aromatic rings. The Morgan fingerprint density at radius 1 is 0.735 bits per heavy atom. The molecule has 0 heterocycles. The summed E-state index contributed by atoms with van der Waals surface area (Å²) >= 11 is 0. The van der Waals surface area contributed by atoms with E-state index >= 15 is 0 Å². The van der Waals surface area contributed by atoms with E-state index in [0.717, 1.165) is 28.2 Å². The highest BCUT2D eigenvalue weighted by Crippen LogP contribution is 2.67. The number of rotatable bonds is 7.